The van der Waals surface area contributed by atoms with Crippen LogP contribution in [0.25, 0.3) is 11.8 Å². The fourth-order valence-corrected chi connectivity index (χ4v) is 1.25. The highest BCUT2D eigenvalue weighted by molar-refractivity contribution is 5.85. The van der Waals surface area contributed by atoms with Gasteiger partial charge in [0.05, 0.1) is 0 Å². The second-order valence-electron chi connectivity index (χ2n) is 3.07. The molecule has 6 heteroatoms. The Kier molecular flexibility index (Phi) is 2.73. The largest absolute Gasteiger partial charge is 0.478 e. The van der Waals surface area contributed by atoms with Crippen molar-refractivity contribution < 1.29 is 14.6 Å². The number of aliphatic carboxylic acids is 1. The number of nitrogens with one attached hydrogen (secondary N) is 1. The van der Waals surface area contributed by atoms with Crippen LogP contribution in [0, 0.1) is 0 Å². The molecule has 2 N–H and O–H groups in total. The average molecular weight is 217 g/mol. The molecule has 0 amide bonds. The van der Waals surface area contributed by atoms with E-state index in [1.165, 1.54) is 12.4 Å². The number of H-pyrrole nitrogens is 1. The fraction of sp³-hybridized carbons (Fsp3) is 0. The highest BCUT2D eigenvalue weighted by Gasteiger charge is 2.03. The molecule has 0 spiro atoms. The molecule has 2 aromatic rings. The van der Waals surface area contributed by atoms with E-state index in [0.29, 0.717) is 0 Å². The molecule has 0 unspecified atom stereocenters. The summed E-state index contributed by atoms with van der Waals surface area (Å²) in [6.45, 7) is 0. The molecule has 1 heterocycles. The SMILES string of the molecule is O=C(O)/C=C/c1cccc(-[n+]2cnn[nH]2)c1. The van der Waals surface area contributed by atoms with Gasteiger partial charge in [-0.2, -0.15) is 0 Å². The van der Waals surface area contributed by atoms with E-state index in [9.17, 15) is 4.79 Å². The van der Waals surface area contributed by atoms with Crippen molar-refractivity contribution in [2.75, 3.05) is 0 Å². The van der Waals surface area contributed by atoms with E-state index in [2.05, 4.69) is 15.5 Å². The lowest BCUT2D eigenvalue weighted by atomic mass is 10.2. The standard InChI is InChI=1S/C10H8N4O2/c15-10(16)5-4-8-2-1-3-9(6-8)14-7-11-12-13-14/h1-7H,(H,15,16)/p+1/b5-4+. The molecule has 0 aliphatic heterocycles. The Labute approximate surface area is 90.8 Å². The molecule has 0 atom stereocenters. The summed E-state index contributed by atoms with van der Waals surface area (Å²) in [5, 5.41) is 18.4. The number of carboxylic acids is 1. The second kappa shape index (κ2) is 4.35. The molecule has 0 radical (unpaired) electrons. The maximum absolute atomic E-state index is 10.4. The topological polar surface area (TPSA) is 82.8 Å². The molecule has 16 heavy (non-hydrogen) atoms. The summed E-state index contributed by atoms with van der Waals surface area (Å²) in [5.74, 6) is -0.971. The summed E-state index contributed by atoms with van der Waals surface area (Å²) in [6.07, 6.45) is 4.14. The van der Waals surface area contributed by atoms with Crippen LogP contribution >= 0.6 is 0 Å². The number of tetrazole rings is 1. The van der Waals surface area contributed by atoms with E-state index in [0.717, 1.165) is 17.3 Å². The molecule has 2 rings (SSSR count). The van der Waals surface area contributed by atoms with Crippen LogP contribution in [-0.2, 0) is 4.79 Å². The molecule has 0 aliphatic rings. The first-order valence-electron chi connectivity index (χ1n) is 4.55. The Morgan fingerprint density at radius 2 is 2.38 bits per heavy atom. The molecule has 0 bridgehead atoms. The number of hydrogen-bond acceptors (Lipinski definition) is 3. The smallest absolute Gasteiger partial charge is 0.328 e. The van der Waals surface area contributed by atoms with Crippen LogP contribution in [0.2, 0.25) is 0 Å². The van der Waals surface area contributed by atoms with Crippen molar-refractivity contribution in [3.05, 3.63) is 42.2 Å². The monoisotopic (exact) mass is 217 g/mol. The molecule has 0 fully saturated rings. The summed E-state index contributed by atoms with van der Waals surface area (Å²) in [6, 6.07) is 7.31. The molecule has 6 nitrogen and oxygen atoms in total. The minimum atomic E-state index is -0.971. The molecular weight excluding hydrogens is 208 g/mol. The van der Waals surface area contributed by atoms with E-state index in [-0.39, 0.29) is 0 Å². The van der Waals surface area contributed by atoms with Gasteiger partial charge < -0.3 is 5.11 Å². The number of aromatic nitrogens is 4. The zero-order chi connectivity index (χ0) is 11.4. The summed E-state index contributed by atoms with van der Waals surface area (Å²) in [4.78, 5) is 10.4. The quantitative estimate of drug-likeness (QED) is 0.567. The van der Waals surface area contributed by atoms with Crippen molar-refractivity contribution >= 4 is 12.0 Å². The summed E-state index contributed by atoms with van der Waals surface area (Å²) in [5.41, 5.74) is 1.62. The first kappa shape index (κ1) is 10.0. The number of aromatic amines is 1. The summed E-state index contributed by atoms with van der Waals surface area (Å²) in [7, 11) is 0. The first-order chi connectivity index (χ1) is 7.75. The third-order valence-corrected chi connectivity index (χ3v) is 1.94. The first-order valence-corrected chi connectivity index (χ1v) is 4.55. The summed E-state index contributed by atoms with van der Waals surface area (Å²) >= 11 is 0. The normalized spacial score (nSPS) is 10.8. The third kappa shape index (κ3) is 2.30. The van der Waals surface area contributed by atoms with Crippen LogP contribution < -0.4 is 4.68 Å². The van der Waals surface area contributed by atoms with Gasteiger partial charge in [0.25, 0.3) is 6.33 Å². The van der Waals surface area contributed by atoms with Gasteiger partial charge in [0.1, 0.15) is 10.8 Å². The maximum atomic E-state index is 10.4. The predicted octanol–water partition coefficient (Wildman–Crippen LogP) is 0.179. The summed E-state index contributed by atoms with van der Waals surface area (Å²) < 4.78 is 1.62. The van der Waals surface area contributed by atoms with Crippen molar-refractivity contribution in [3.63, 3.8) is 0 Å². The van der Waals surface area contributed by atoms with Crippen molar-refractivity contribution in [3.8, 4) is 5.69 Å². The Bertz CT molecular complexity index is 519. The Hall–Kier alpha value is -2.50. The Morgan fingerprint density at radius 3 is 3.06 bits per heavy atom. The van der Waals surface area contributed by atoms with Gasteiger partial charge in [-0.15, -0.1) is 4.68 Å². The van der Waals surface area contributed by atoms with Crippen LogP contribution in [0.3, 0.4) is 0 Å². The van der Waals surface area contributed by atoms with Gasteiger partial charge in [0.15, 0.2) is 5.21 Å². The molecule has 80 valence electrons. The van der Waals surface area contributed by atoms with Gasteiger partial charge in [-0.3, -0.25) is 0 Å². The van der Waals surface area contributed by atoms with Crippen LogP contribution in [0.5, 0.6) is 0 Å². The molecule has 0 saturated carbocycles. The van der Waals surface area contributed by atoms with Gasteiger partial charge in [-0.1, -0.05) is 17.3 Å². The van der Waals surface area contributed by atoms with E-state index in [1.807, 2.05) is 24.3 Å². The highest BCUT2D eigenvalue weighted by atomic mass is 16.4. The number of benzene rings is 1. The molecular formula is C10H9N4O2+. The zero-order valence-electron chi connectivity index (χ0n) is 8.24. The van der Waals surface area contributed by atoms with E-state index < -0.39 is 5.97 Å². The van der Waals surface area contributed by atoms with Crippen molar-refractivity contribution in [1.82, 2.24) is 15.5 Å². The van der Waals surface area contributed by atoms with Gasteiger partial charge >= 0.3 is 5.97 Å². The van der Waals surface area contributed by atoms with Crippen molar-refractivity contribution in [2.24, 2.45) is 0 Å². The van der Waals surface area contributed by atoms with Crippen LogP contribution in [-0.4, -0.2) is 26.6 Å². The average Bonchev–Trinajstić information content (AvgIpc) is 2.80. The molecule has 1 aromatic carbocycles. The Balaban J connectivity index is 2.30. The zero-order valence-corrected chi connectivity index (χ0v) is 8.24. The van der Waals surface area contributed by atoms with Crippen molar-refractivity contribution in [2.45, 2.75) is 0 Å². The highest BCUT2D eigenvalue weighted by Crippen LogP contribution is 2.06. The third-order valence-electron chi connectivity index (χ3n) is 1.94. The van der Waals surface area contributed by atoms with Gasteiger partial charge in [0.2, 0.25) is 0 Å². The lowest BCUT2D eigenvalue weighted by Gasteiger charge is -1.96. The fourth-order valence-electron chi connectivity index (χ4n) is 1.25. The van der Waals surface area contributed by atoms with Crippen LogP contribution in [0.15, 0.2) is 36.7 Å². The minimum Gasteiger partial charge on any atom is -0.478 e. The molecule has 0 aliphatic carbocycles. The number of nitrogens with zero attached hydrogens (tertiary/aromatic N) is 3. The Morgan fingerprint density at radius 1 is 1.50 bits per heavy atom. The number of carboxylic acid groups (broad SMARTS) is 1. The van der Waals surface area contributed by atoms with Crippen molar-refractivity contribution in [1.29, 1.82) is 0 Å². The predicted molar refractivity (Wildman–Crippen MR) is 54.6 cm³/mol. The van der Waals surface area contributed by atoms with Crippen LogP contribution in [0.1, 0.15) is 5.56 Å². The van der Waals surface area contributed by atoms with E-state index in [4.69, 9.17) is 5.11 Å². The minimum absolute atomic E-state index is 0.794. The van der Waals surface area contributed by atoms with E-state index in [1.54, 1.807) is 4.68 Å². The number of hydrogen-bond donors (Lipinski definition) is 2. The van der Waals surface area contributed by atoms with E-state index >= 15 is 0 Å². The molecule has 1 aromatic heterocycles. The van der Waals surface area contributed by atoms with Crippen LogP contribution in [0.4, 0.5) is 0 Å². The van der Waals surface area contributed by atoms with Gasteiger partial charge in [-0.25, -0.2) is 4.79 Å². The molecule has 0 saturated heterocycles. The lowest BCUT2D eigenvalue weighted by molar-refractivity contribution is -0.660. The maximum Gasteiger partial charge on any atom is 0.328 e. The number of rotatable bonds is 3. The van der Waals surface area contributed by atoms with Gasteiger partial charge in [0, 0.05) is 6.08 Å². The second-order valence-corrected chi connectivity index (χ2v) is 3.07. The van der Waals surface area contributed by atoms with Gasteiger partial charge in [-0.05, 0) is 23.8 Å². The number of carbonyl (C=O) groups is 1. The lowest BCUT2D eigenvalue weighted by Crippen LogP contribution is -2.31.